The third kappa shape index (κ3) is 5.16. The lowest BCUT2D eigenvalue weighted by Gasteiger charge is -2.23. The molecule has 2 rings (SSSR count). The third-order valence-electron chi connectivity index (χ3n) is 3.76. The maximum absolute atomic E-state index is 12.3. The highest BCUT2D eigenvalue weighted by Gasteiger charge is 2.29. The van der Waals surface area contributed by atoms with Gasteiger partial charge in [0, 0.05) is 11.3 Å². The molecule has 0 heterocycles. The van der Waals surface area contributed by atoms with E-state index in [1.807, 2.05) is 54.6 Å². The average Bonchev–Trinajstić information content (AvgIpc) is 2.61. The second kappa shape index (κ2) is 8.44. The van der Waals surface area contributed by atoms with E-state index in [-0.39, 0.29) is 18.4 Å². The van der Waals surface area contributed by atoms with E-state index in [9.17, 15) is 9.59 Å². The van der Waals surface area contributed by atoms with Crippen molar-refractivity contribution in [3.63, 3.8) is 0 Å². The first-order valence-electron chi connectivity index (χ1n) is 8.30. The van der Waals surface area contributed by atoms with Crippen molar-refractivity contribution in [3.05, 3.63) is 54.6 Å². The first kappa shape index (κ1) is 18.7. The molecule has 25 heavy (non-hydrogen) atoms. The number of amides is 1. The normalized spacial score (nSPS) is 11.0. The summed E-state index contributed by atoms with van der Waals surface area (Å²) in [5.41, 5.74) is 1.78. The topological polar surface area (TPSA) is 67.4 Å². The highest BCUT2D eigenvalue weighted by atomic mass is 16.5. The Kier molecular flexibility index (Phi) is 6.31. The Hall–Kier alpha value is -2.66. The van der Waals surface area contributed by atoms with E-state index >= 15 is 0 Å². The standard InChI is InChI=1S/C20H24N2O3/c1-4-25-19(24)20(2,3)21-14-18(23)22-17-13-9-8-12-16(17)15-10-6-5-7-11-15/h5-13,21H,4,14H2,1-3H3,(H,22,23). The van der Waals surface area contributed by atoms with Crippen LogP contribution in [-0.2, 0) is 14.3 Å². The van der Waals surface area contributed by atoms with E-state index < -0.39 is 5.54 Å². The molecular weight excluding hydrogens is 316 g/mol. The minimum Gasteiger partial charge on any atom is -0.465 e. The molecule has 0 saturated heterocycles. The van der Waals surface area contributed by atoms with Crippen molar-refractivity contribution < 1.29 is 14.3 Å². The van der Waals surface area contributed by atoms with E-state index in [1.165, 1.54) is 0 Å². The van der Waals surface area contributed by atoms with Crippen LogP contribution in [0.3, 0.4) is 0 Å². The van der Waals surface area contributed by atoms with Gasteiger partial charge >= 0.3 is 5.97 Å². The van der Waals surface area contributed by atoms with Gasteiger partial charge in [0.25, 0.3) is 0 Å². The molecule has 0 aliphatic rings. The Labute approximate surface area is 148 Å². The van der Waals surface area contributed by atoms with Gasteiger partial charge in [-0.25, -0.2) is 0 Å². The van der Waals surface area contributed by atoms with E-state index in [4.69, 9.17) is 4.74 Å². The predicted molar refractivity (Wildman–Crippen MR) is 99.2 cm³/mol. The molecule has 0 aliphatic heterocycles. The smallest absolute Gasteiger partial charge is 0.325 e. The van der Waals surface area contributed by atoms with Gasteiger partial charge in [0.15, 0.2) is 0 Å². The summed E-state index contributed by atoms with van der Waals surface area (Å²) >= 11 is 0. The summed E-state index contributed by atoms with van der Waals surface area (Å²) in [7, 11) is 0. The molecule has 2 N–H and O–H groups in total. The quantitative estimate of drug-likeness (QED) is 0.760. The molecule has 0 bridgehead atoms. The SMILES string of the molecule is CCOC(=O)C(C)(C)NCC(=O)Nc1ccccc1-c1ccccc1. The summed E-state index contributed by atoms with van der Waals surface area (Å²) in [4.78, 5) is 24.2. The Morgan fingerprint density at radius 1 is 1.00 bits per heavy atom. The van der Waals surface area contributed by atoms with Gasteiger partial charge < -0.3 is 10.1 Å². The van der Waals surface area contributed by atoms with Gasteiger partial charge in [-0.3, -0.25) is 14.9 Å². The summed E-state index contributed by atoms with van der Waals surface area (Å²) < 4.78 is 5.00. The van der Waals surface area contributed by atoms with Gasteiger partial charge in [-0.2, -0.15) is 0 Å². The van der Waals surface area contributed by atoms with Crippen molar-refractivity contribution in [3.8, 4) is 11.1 Å². The maximum atomic E-state index is 12.3. The van der Waals surface area contributed by atoms with E-state index in [0.717, 1.165) is 16.8 Å². The zero-order chi connectivity index (χ0) is 18.3. The first-order chi connectivity index (χ1) is 11.9. The number of nitrogens with one attached hydrogen (secondary N) is 2. The molecule has 0 unspecified atom stereocenters. The summed E-state index contributed by atoms with van der Waals surface area (Å²) in [5.74, 6) is -0.603. The summed E-state index contributed by atoms with van der Waals surface area (Å²) in [5, 5.41) is 5.84. The second-order valence-electron chi connectivity index (χ2n) is 6.16. The Balaban J connectivity index is 2.03. The lowest BCUT2D eigenvalue weighted by molar-refractivity contribution is -0.149. The van der Waals surface area contributed by atoms with Crippen LogP contribution in [-0.4, -0.2) is 30.6 Å². The highest BCUT2D eigenvalue weighted by molar-refractivity contribution is 5.97. The molecule has 5 nitrogen and oxygen atoms in total. The largest absolute Gasteiger partial charge is 0.465 e. The van der Waals surface area contributed by atoms with Gasteiger partial charge in [0.05, 0.1) is 13.2 Å². The van der Waals surface area contributed by atoms with Crippen LogP contribution in [0.25, 0.3) is 11.1 Å². The number of hydrogen-bond donors (Lipinski definition) is 2. The van der Waals surface area contributed by atoms with Crippen molar-refractivity contribution in [1.82, 2.24) is 5.32 Å². The van der Waals surface area contributed by atoms with Gasteiger partial charge in [0.2, 0.25) is 5.91 Å². The fourth-order valence-electron chi connectivity index (χ4n) is 2.34. The van der Waals surface area contributed by atoms with Crippen LogP contribution in [0.4, 0.5) is 5.69 Å². The molecule has 1 amide bonds. The number of hydrogen-bond acceptors (Lipinski definition) is 4. The molecule has 0 radical (unpaired) electrons. The molecule has 2 aromatic rings. The minimum absolute atomic E-state index is 0.00887. The molecule has 0 aliphatic carbocycles. The number of ether oxygens (including phenoxy) is 1. The van der Waals surface area contributed by atoms with Crippen LogP contribution in [0.5, 0.6) is 0 Å². The summed E-state index contributed by atoms with van der Waals surface area (Å²) in [6.07, 6.45) is 0. The molecule has 5 heteroatoms. The lowest BCUT2D eigenvalue weighted by atomic mass is 10.0. The van der Waals surface area contributed by atoms with Crippen molar-refractivity contribution in [1.29, 1.82) is 0 Å². The number of carbonyl (C=O) groups is 2. The molecule has 0 aromatic heterocycles. The number of para-hydroxylation sites is 1. The number of carbonyl (C=O) groups excluding carboxylic acids is 2. The van der Waals surface area contributed by atoms with Crippen LogP contribution in [0.1, 0.15) is 20.8 Å². The Morgan fingerprint density at radius 2 is 1.64 bits per heavy atom. The van der Waals surface area contributed by atoms with Crippen LogP contribution < -0.4 is 10.6 Å². The molecule has 0 atom stereocenters. The van der Waals surface area contributed by atoms with Crippen molar-refractivity contribution in [2.45, 2.75) is 26.3 Å². The van der Waals surface area contributed by atoms with Crippen molar-refractivity contribution in [2.75, 3.05) is 18.5 Å². The molecule has 0 spiro atoms. The van der Waals surface area contributed by atoms with Crippen LogP contribution >= 0.6 is 0 Å². The van der Waals surface area contributed by atoms with Crippen molar-refractivity contribution >= 4 is 17.6 Å². The third-order valence-corrected chi connectivity index (χ3v) is 3.76. The predicted octanol–water partition coefficient (Wildman–Crippen LogP) is 3.22. The Morgan fingerprint density at radius 3 is 2.32 bits per heavy atom. The van der Waals surface area contributed by atoms with Crippen LogP contribution in [0, 0.1) is 0 Å². The molecule has 0 saturated carbocycles. The summed E-state index contributed by atoms with van der Waals surface area (Å²) in [6, 6.07) is 17.5. The number of rotatable bonds is 7. The number of anilines is 1. The zero-order valence-corrected chi connectivity index (χ0v) is 14.8. The number of esters is 1. The molecule has 0 fully saturated rings. The van der Waals surface area contributed by atoms with E-state index in [1.54, 1.807) is 20.8 Å². The molecule has 132 valence electrons. The fourth-order valence-corrected chi connectivity index (χ4v) is 2.34. The fraction of sp³-hybridized carbons (Fsp3) is 0.300. The van der Waals surface area contributed by atoms with Crippen molar-refractivity contribution in [2.24, 2.45) is 0 Å². The highest BCUT2D eigenvalue weighted by Crippen LogP contribution is 2.27. The van der Waals surface area contributed by atoms with E-state index in [2.05, 4.69) is 10.6 Å². The maximum Gasteiger partial charge on any atom is 0.325 e. The molecular formula is C20H24N2O3. The lowest BCUT2D eigenvalue weighted by Crippen LogP contribution is -2.50. The zero-order valence-electron chi connectivity index (χ0n) is 14.8. The molecule has 2 aromatic carbocycles. The first-order valence-corrected chi connectivity index (χ1v) is 8.30. The van der Waals surface area contributed by atoms with Crippen LogP contribution in [0.15, 0.2) is 54.6 Å². The average molecular weight is 340 g/mol. The van der Waals surface area contributed by atoms with Gasteiger partial charge in [-0.15, -0.1) is 0 Å². The summed E-state index contributed by atoms with van der Waals surface area (Å²) in [6.45, 7) is 5.45. The van der Waals surface area contributed by atoms with Gasteiger partial charge in [-0.1, -0.05) is 48.5 Å². The van der Waals surface area contributed by atoms with Gasteiger partial charge in [-0.05, 0) is 32.4 Å². The van der Waals surface area contributed by atoms with Gasteiger partial charge in [0.1, 0.15) is 5.54 Å². The number of benzene rings is 2. The van der Waals surface area contributed by atoms with E-state index in [0.29, 0.717) is 6.61 Å². The van der Waals surface area contributed by atoms with Crippen LogP contribution in [0.2, 0.25) is 0 Å². The monoisotopic (exact) mass is 340 g/mol. The second-order valence-corrected chi connectivity index (χ2v) is 6.16. The minimum atomic E-state index is -0.924. The Bertz CT molecular complexity index is 727.